The molecule has 0 spiro atoms. The van der Waals surface area contributed by atoms with Crippen LogP contribution in [0.2, 0.25) is 0 Å². The number of ether oxygens (including phenoxy) is 2. The number of methoxy groups -OCH3 is 1. The Morgan fingerprint density at radius 3 is 2.68 bits per heavy atom. The van der Waals surface area contributed by atoms with Gasteiger partial charge in [-0.1, -0.05) is 0 Å². The Labute approximate surface area is 126 Å². The van der Waals surface area contributed by atoms with E-state index in [0.717, 1.165) is 0 Å². The van der Waals surface area contributed by atoms with Crippen LogP contribution in [0.1, 0.15) is 5.56 Å². The molecule has 0 aliphatic carbocycles. The molecule has 0 saturated carbocycles. The number of nitrogen functional groups attached to an aromatic ring is 1. The van der Waals surface area contributed by atoms with E-state index in [1.807, 2.05) is 0 Å². The maximum atomic E-state index is 13.7. The van der Waals surface area contributed by atoms with E-state index in [1.165, 1.54) is 25.3 Å². The lowest BCUT2D eigenvalue weighted by Gasteiger charge is -2.11. The van der Waals surface area contributed by atoms with Crippen molar-refractivity contribution in [3.8, 4) is 17.2 Å². The van der Waals surface area contributed by atoms with Gasteiger partial charge in [-0.3, -0.25) is 0 Å². The van der Waals surface area contributed by atoms with Gasteiger partial charge in [0, 0.05) is 18.3 Å². The van der Waals surface area contributed by atoms with Gasteiger partial charge in [-0.2, -0.15) is 0 Å². The zero-order chi connectivity index (χ0) is 16.1. The molecule has 0 atom stereocenters. The highest BCUT2D eigenvalue weighted by Gasteiger charge is 2.09. The average Bonchev–Trinajstić information content (AvgIpc) is 2.49. The monoisotopic (exact) mass is 306 g/mol. The number of hydrogen-bond donors (Lipinski definition) is 3. The van der Waals surface area contributed by atoms with Gasteiger partial charge in [0.1, 0.15) is 11.5 Å². The molecule has 6 nitrogen and oxygen atoms in total. The highest BCUT2D eigenvalue weighted by molar-refractivity contribution is 5.65. The van der Waals surface area contributed by atoms with Crippen molar-refractivity contribution in [1.29, 1.82) is 0 Å². The molecule has 0 aliphatic rings. The van der Waals surface area contributed by atoms with Crippen LogP contribution in [0, 0.1) is 5.82 Å². The molecule has 0 bridgehead atoms. The van der Waals surface area contributed by atoms with Crippen LogP contribution in [0.4, 0.5) is 14.9 Å². The average molecular weight is 306 g/mol. The molecule has 0 aliphatic heterocycles. The first kappa shape index (κ1) is 15.4. The van der Waals surface area contributed by atoms with Gasteiger partial charge < -0.3 is 25.6 Å². The largest absolute Gasteiger partial charge is 0.497 e. The lowest BCUT2D eigenvalue weighted by Crippen LogP contribution is -2.20. The van der Waals surface area contributed by atoms with E-state index in [2.05, 4.69) is 5.32 Å². The summed E-state index contributed by atoms with van der Waals surface area (Å²) in [5, 5.41) is 10.8. The van der Waals surface area contributed by atoms with E-state index >= 15 is 0 Å². The maximum Gasteiger partial charge on any atom is 0.404 e. The van der Waals surface area contributed by atoms with Crippen molar-refractivity contribution in [3.05, 3.63) is 47.8 Å². The number of carbonyl (C=O) groups is 1. The Balaban J connectivity index is 2.22. The summed E-state index contributed by atoms with van der Waals surface area (Å²) in [6, 6.07) is 8.81. The van der Waals surface area contributed by atoms with Crippen molar-refractivity contribution in [2.75, 3.05) is 12.8 Å². The number of nitrogens with one attached hydrogen (secondary N) is 1. The van der Waals surface area contributed by atoms with Crippen molar-refractivity contribution < 1.29 is 23.8 Å². The zero-order valence-electron chi connectivity index (χ0n) is 11.8. The van der Waals surface area contributed by atoms with Crippen LogP contribution in [0.3, 0.4) is 0 Å². The molecular weight excluding hydrogens is 291 g/mol. The van der Waals surface area contributed by atoms with E-state index in [1.54, 1.807) is 18.2 Å². The third-order valence-corrected chi connectivity index (χ3v) is 2.91. The van der Waals surface area contributed by atoms with Crippen LogP contribution in [-0.4, -0.2) is 18.3 Å². The summed E-state index contributed by atoms with van der Waals surface area (Å²) >= 11 is 0. The fraction of sp³-hybridized carbons (Fsp3) is 0.133. The third-order valence-electron chi connectivity index (χ3n) is 2.91. The lowest BCUT2D eigenvalue weighted by molar-refractivity contribution is 0.194. The van der Waals surface area contributed by atoms with Gasteiger partial charge in [-0.05, 0) is 35.9 Å². The summed E-state index contributed by atoms with van der Waals surface area (Å²) in [6.07, 6.45) is -1.16. The van der Waals surface area contributed by atoms with E-state index in [0.29, 0.717) is 22.7 Å². The van der Waals surface area contributed by atoms with Crippen molar-refractivity contribution in [3.63, 3.8) is 0 Å². The molecule has 0 heterocycles. The quantitative estimate of drug-likeness (QED) is 0.738. The fourth-order valence-corrected chi connectivity index (χ4v) is 1.79. The summed E-state index contributed by atoms with van der Waals surface area (Å²) < 4.78 is 24.2. The molecule has 0 saturated heterocycles. The van der Waals surface area contributed by atoms with Crippen molar-refractivity contribution >= 4 is 11.8 Å². The van der Waals surface area contributed by atoms with Crippen LogP contribution in [0.15, 0.2) is 36.4 Å². The topological polar surface area (TPSA) is 93.8 Å². The second-order valence-corrected chi connectivity index (χ2v) is 4.42. The fourth-order valence-electron chi connectivity index (χ4n) is 1.79. The minimum atomic E-state index is -1.16. The van der Waals surface area contributed by atoms with Crippen LogP contribution in [0.5, 0.6) is 17.2 Å². The van der Waals surface area contributed by atoms with Gasteiger partial charge in [-0.25, -0.2) is 9.18 Å². The summed E-state index contributed by atoms with van der Waals surface area (Å²) in [6.45, 7) is 0.0267. The first-order valence-corrected chi connectivity index (χ1v) is 6.36. The number of benzene rings is 2. The molecule has 0 aromatic heterocycles. The number of amides is 1. The molecule has 1 amide bonds. The predicted octanol–water partition coefficient (Wildman–Crippen LogP) is 2.98. The molecule has 2 aromatic rings. The van der Waals surface area contributed by atoms with E-state index in [9.17, 15) is 9.18 Å². The Hall–Kier alpha value is -2.96. The molecule has 4 N–H and O–H groups in total. The molecule has 0 unspecified atom stereocenters. The maximum absolute atomic E-state index is 13.7. The van der Waals surface area contributed by atoms with Crippen LogP contribution >= 0.6 is 0 Å². The van der Waals surface area contributed by atoms with Crippen molar-refractivity contribution in [1.82, 2.24) is 5.32 Å². The molecule has 2 aromatic carbocycles. The highest BCUT2D eigenvalue weighted by atomic mass is 19.1. The highest BCUT2D eigenvalue weighted by Crippen LogP contribution is 2.30. The molecule has 0 fully saturated rings. The van der Waals surface area contributed by atoms with Gasteiger partial charge in [0.25, 0.3) is 0 Å². The molecule has 7 heteroatoms. The van der Waals surface area contributed by atoms with E-state index < -0.39 is 11.9 Å². The van der Waals surface area contributed by atoms with Crippen LogP contribution < -0.4 is 20.5 Å². The number of carboxylic acid groups (broad SMARTS) is 1. The number of hydrogen-bond acceptors (Lipinski definition) is 4. The Kier molecular flexibility index (Phi) is 4.67. The first-order valence-electron chi connectivity index (χ1n) is 6.36. The van der Waals surface area contributed by atoms with Crippen LogP contribution in [-0.2, 0) is 6.54 Å². The number of halogens is 1. The second kappa shape index (κ2) is 6.66. The molecule has 2 rings (SSSR count). The Morgan fingerprint density at radius 2 is 2.00 bits per heavy atom. The number of anilines is 1. The summed E-state index contributed by atoms with van der Waals surface area (Å²) in [5.41, 5.74) is 6.70. The van der Waals surface area contributed by atoms with Gasteiger partial charge in [-0.15, -0.1) is 0 Å². The van der Waals surface area contributed by atoms with E-state index in [4.69, 9.17) is 20.3 Å². The van der Waals surface area contributed by atoms with Gasteiger partial charge >= 0.3 is 6.09 Å². The Morgan fingerprint density at radius 1 is 1.27 bits per heavy atom. The van der Waals surface area contributed by atoms with Gasteiger partial charge in [0.15, 0.2) is 11.6 Å². The van der Waals surface area contributed by atoms with Crippen molar-refractivity contribution in [2.45, 2.75) is 6.54 Å². The summed E-state index contributed by atoms with van der Waals surface area (Å²) in [5.74, 6) is 0.257. The zero-order valence-corrected chi connectivity index (χ0v) is 11.8. The first-order chi connectivity index (χ1) is 10.5. The minimum Gasteiger partial charge on any atom is -0.497 e. The molecule has 116 valence electrons. The smallest absolute Gasteiger partial charge is 0.404 e. The standard InChI is InChI=1S/C15H15FN2O4/c1-21-10-2-4-12(16)14(7-10)22-11-3-5-13(17)9(6-11)8-18-15(19)20/h2-7,18H,8,17H2,1H3,(H,19,20). The second-order valence-electron chi connectivity index (χ2n) is 4.42. The number of nitrogens with two attached hydrogens (primary N) is 1. The van der Waals surface area contributed by atoms with Crippen LogP contribution in [0.25, 0.3) is 0 Å². The van der Waals surface area contributed by atoms with Gasteiger partial charge in [0.2, 0.25) is 0 Å². The third kappa shape index (κ3) is 3.78. The molecular formula is C15H15FN2O4. The lowest BCUT2D eigenvalue weighted by atomic mass is 10.1. The molecule has 22 heavy (non-hydrogen) atoms. The molecule has 0 radical (unpaired) electrons. The van der Waals surface area contributed by atoms with Gasteiger partial charge in [0.05, 0.1) is 7.11 Å². The van der Waals surface area contributed by atoms with Crippen molar-refractivity contribution in [2.24, 2.45) is 0 Å². The Bertz CT molecular complexity index is 691. The van der Waals surface area contributed by atoms with E-state index in [-0.39, 0.29) is 12.3 Å². The summed E-state index contributed by atoms with van der Waals surface area (Å²) in [4.78, 5) is 10.5. The number of rotatable bonds is 5. The minimum absolute atomic E-state index is 0.00117. The predicted molar refractivity (Wildman–Crippen MR) is 78.7 cm³/mol. The normalized spacial score (nSPS) is 10.1. The SMILES string of the molecule is COc1ccc(F)c(Oc2ccc(N)c(CNC(=O)O)c2)c1. The summed E-state index contributed by atoms with van der Waals surface area (Å²) in [7, 11) is 1.47.